The Morgan fingerprint density at radius 1 is 1.17 bits per heavy atom. The van der Waals surface area contributed by atoms with Gasteiger partial charge in [-0.05, 0) is 55.8 Å². The van der Waals surface area contributed by atoms with Gasteiger partial charge in [0.2, 0.25) is 0 Å². The summed E-state index contributed by atoms with van der Waals surface area (Å²) in [5.41, 5.74) is -0.409. The van der Waals surface area contributed by atoms with Crippen LogP contribution in [-0.4, -0.2) is 23.9 Å². The Balaban J connectivity index is 2.03. The average Bonchev–Trinajstić information content (AvgIpc) is 2.28. The van der Waals surface area contributed by atoms with Crippen molar-refractivity contribution in [3.8, 4) is 0 Å². The molecule has 1 saturated carbocycles. The molecule has 0 bridgehead atoms. The summed E-state index contributed by atoms with van der Waals surface area (Å²) in [6.45, 7) is 8.63. The fourth-order valence-electron chi connectivity index (χ4n) is 4.23. The fraction of sp³-hybridized carbons (Fsp3) is 1.00. The summed E-state index contributed by atoms with van der Waals surface area (Å²) >= 11 is 0. The van der Waals surface area contributed by atoms with E-state index in [0.717, 1.165) is 38.9 Å². The van der Waals surface area contributed by atoms with Crippen LogP contribution < -0.4 is 0 Å². The fourth-order valence-corrected chi connectivity index (χ4v) is 4.23. The van der Waals surface area contributed by atoms with Crippen LogP contribution in [0.15, 0.2) is 0 Å². The third-order valence-electron chi connectivity index (χ3n) is 5.15. The minimum absolute atomic E-state index is 0.409. The molecular weight excluding hydrogens is 224 g/mol. The van der Waals surface area contributed by atoms with Crippen molar-refractivity contribution in [2.45, 2.75) is 64.9 Å². The summed E-state index contributed by atoms with van der Waals surface area (Å²) in [6, 6.07) is 0. The molecule has 18 heavy (non-hydrogen) atoms. The van der Waals surface area contributed by atoms with E-state index >= 15 is 0 Å². The molecule has 3 atom stereocenters. The quantitative estimate of drug-likeness (QED) is 0.833. The van der Waals surface area contributed by atoms with Gasteiger partial charge in [0.15, 0.2) is 0 Å². The van der Waals surface area contributed by atoms with E-state index in [-0.39, 0.29) is 0 Å². The molecule has 0 amide bonds. The molecular formula is C16H30O2. The number of rotatable bonds is 3. The molecule has 1 aliphatic carbocycles. The summed E-state index contributed by atoms with van der Waals surface area (Å²) < 4.78 is 5.44. The van der Waals surface area contributed by atoms with Crippen molar-refractivity contribution in [1.82, 2.24) is 0 Å². The molecule has 2 heteroatoms. The van der Waals surface area contributed by atoms with Gasteiger partial charge in [0.05, 0.1) is 5.60 Å². The summed E-state index contributed by atoms with van der Waals surface area (Å²) in [6.07, 6.45) is 6.79. The molecule has 0 aromatic carbocycles. The SMILES string of the molecule is CC1CCC(C(C)C)C(O)(CC2CCOCC2)C1. The van der Waals surface area contributed by atoms with Crippen molar-refractivity contribution in [3.05, 3.63) is 0 Å². The highest BCUT2D eigenvalue weighted by Crippen LogP contribution is 2.45. The van der Waals surface area contributed by atoms with Gasteiger partial charge in [-0.1, -0.05) is 27.2 Å². The second kappa shape index (κ2) is 5.92. The molecule has 3 unspecified atom stereocenters. The molecule has 106 valence electrons. The third kappa shape index (κ3) is 3.27. The van der Waals surface area contributed by atoms with Crippen LogP contribution in [0.2, 0.25) is 0 Å². The normalized spacial score (nSPS) is 39.2. The molecule has 2 aliphatic rings. The van der Waals surface area contributed by atoms with Gasteiger partial charge in [-0.15, -0.1) is 0 Å². The van der Waals surface area contributed by atoms with Crippen LogP contribution >= 0.6 is 0 Å². The summed E-state index contributed by atoms with van der Waals surface area (Å²) in [5, 5.41) is 11.2. The first-order valence-electron chi connectivity index (χ1n) is 7.81. The molecule has 0 aromatic rings. The average molecular weight is 254 g/mol. The van der Waals surface area contributed by atoms with Crippen LogP contribution in [0.1, 0.15) is 59.3 Å². The number of hydrogen-bond donors (Lipinski definition) is 1. The molecule has 0 radical (unpaired) electrons. The highest BCUT2D eigenvalue weighted by atomic mass is 16.5. The van der Waals surface area contributed by atoms with Crippen LogP contribution in [0.4, 0.5) is 0 Å². The molecule has 1 saturated heterocycles. The van der Waals surface area contributed by atoms with Crippen molar-refractivity contribution >= 4 is 0 Å². The molecule has 0 spiro atoms. The van der Waals surface area contributed by atoms with E-state index in [2.05, 4.69) is 20.8 Å². The monoisotopic (exact) mass is 254 g/mol. The minimum Gasteiger partial charge on any atom is -0.390 e. The first kappa shape index (κ1) is 14.3. The molecule has 1 aliphatic heterocycles. The van der Waals surface area contributed by atoms with Crippen molar-refractivity contribution in [2.24, 2.45) is 23.7 Å². The standard InChI is InChI=1S/C16H30O2/c1-12(2)15-5-4-13(3)10-16(15,17)11-14-6-8-18-9-7-14/h12-15,17H,4-11H2,1-3H3. The largest absolute Gasteiger partial charge is 0.390 e. The van der Waals surface area contributed by atoms with Gasteiger partial charge < -0.3 is 9.84 Å². The Hall–Kier alpha value is -0.0800. The minimum atomic E-state index is -0.409. The Morgan fingerprint density at radius 3 is 2.44 bits per heavy atom. The Labute approximate surface area is 112 Å². The van der Waals surface area contributed by atoms with Crippen molar-refractivity contribution in [3.63, 3.8) is 0 Å². The lowest BCUT2D eigenvalue weighted by atomic mass is 9.63. The molecule has 2 fully saturated rings. The molecule has 2 nitrogen and oxygen atoms in total. The van der Waals surface area contributed by atoms with E-state index in [9.17, 15) is 5.11 Å². The molecule has 1 heterocycles. The van der Waals surface area contributed by atoms with E-state index in [1.807, 2.05) is 0 Å². The zero-order valence-corrected chi connectivity index (χ0v) is 12.3. The molecule has 1 N–H and O–H groups in total. The first-order chi connectivity index (χ1) is 8.51. The van der Waals surface area contributed by atoms with Crippen LogP contribution in [0.3, 0.4) is 0 Å². The lowest BCUT2D eigenvalue weighted by Crippen LogP contribution is -2.47. The van der Waals surface area contributed by atoms with Crippen molar-refractivity contribution in [2.75, 3.05) is 13.2 Å². The highest BCUT2D eigenvalue weighted by Gasteiger charge is 2.43. The summed E-state index contributed by atoms with van der Waals surface area (Å²) in [4.78, 5) is 0. The number of hydrogen-bond acceptors (Lipinski definition) is 2. The van der Waals surface area contributed by atoms with Gasteiger partial charge in [0, 0.05) is 13.2 Å². The zero-order valence-electron chi connectivity index (χ0n) is 12.3. The van der Waals surface area contributed by atoms with Crippen LogP contribution in [0.25, 0.3) is 0 Å². The summed E-state index contributed by atoms with van der Waals surface area (Å²) in [5.74, 6) is 2.46. The summed E-state index contributed by atoms with van der Waals surface area (Å²) in [7, 11) is 0. The van der Waals surface area contributed by atoms with Crippen LogP contribution in [-0.2, 0) is 4.74 Å². The van der Waals surface area contributed by atoms with E-state index < -0.39 is 5.60 Å². The van der Waals surface area contributed by atoms with Crippen LogP contribution in [0, 0.1) is 23.7 Å². The van der Waals surface area contributed by atoms with Gasteiger partial charge >= 0.3 is 0 Å². The van der Waals surface area contributed by atoms with E-state index in [1.54, 1.807) is 0 Å². The van der Waals surface area contributed by atoms with Gasteiger partial charge in [-0.25, -0.2) is 0 Å². The Kier molecular flexibility index (Phi) is 4.71. The maximum Gasteiger partial charge on any atom is 0.0683 e. The molecule has 2 rings (SSSR count). The maximum absolute atomic E-state index is 11.2. The lowest BCUT2D eigenvalue weighted by molar-refractivity contribution is -0.103. The van der Waals surface area contributed by atoms with Gasteiger partial charge in [0.25, 0.3) is 0 Å². The van der Waals surface area contributed by atoms with Gasteiger partial charge in [-0.3, -0.25) is 0 Å². The van der Waals surface area contributed by atoms with E-state index in [0.29, 0.717) is 23.7 Å². The third-order valence-corrected chi connectivity index (χ3v) is 5.15. The Bertz CT molecular complexity index is 258. The molecule has 0 aromatic heterocycles. The number of ether oxygens (including phenoxy) is 1. The predicted octanol–water partition coefficient (Wildman–Crippen LogP) is 3.63. The zero-order chi connectivity index (χ0) is 13.2. The van der Waals surface area contributed by atoms with Crippen LogP contribution in [0.5, 0.6) is 0 Å². The van der Waals surface area contributed by atoms with Gasteiger partial charge in [0.1, 0.15) is 0 Å². The highest BCUT2D eigenvalue weighted by molar-refractivity contribution is 4.95. The van der Waals surface area contributed by atoms with E-state index in [4.69, 9.17) is 4.74 Å². The Morgan fingerprint density at radius 2 is 1.83 bits per heavy atom. The lowest BCUT2D eigenvalue weighted by Gasteiger charge is -2.46. The van der Waals surface area contributed by atoms with Gasteiger partial charge in [-0.2, -0.15) is 0 Å². The van der Waals surface area contributed by atoms with E-state index in [1.165, 1.54) is 12.8 Å². The predicted molar refractivity (Wildman–Crippen MR) is 74.5 cm³/mol. The maximum atomic E-state index is 11.2. The van der Waals surface area contributed by atoms with Crippen molar-refractivity contribution in [1.29, 1.82) is 0 Å². The first-order valence-corrected chi connectivity index (χ1v) is 7.81. The smallest absolute Gasteiger partial charge is 0.0683 e. The topological polar surface area (TPSA) is 29.5 Å². The second-order valence-electron chi connectivity index (χ2n) is 7.10. The van der Waals surface area contributed by atoms with Crippen molar-refractivity contribution < 1.29 is 9.84 Å². The number of aliphatic hydroxyl groups is 1. The second-order valence-corrected chi connectivity index (χ2v) is 7.10.